The maximum atomic E-state index is 12.5. The monoisotopic (exact) mass is 326 g/mol. The van der Waals surface area contributed by atoms with Gasteiger partial charge in [-0.25, -0.2) is 9.97 Å². The number of rotatable bonds is 3. The first kappa shape index (κ1) is 15.4. The van der Waals surface area contributed by atoms with E-state index in [1.54, 1.807) is 12.3 Å². The van der Waals surface area contributed by atoms with Crippen molar-refractivity contribution in [1.29, 1.82) is 0 Å². The van der Waals surface area contributed by atoms with E-state index in [4.69, 9.17) is 5.73 Å². The first-order chi connectivity index (χ1) is 11.0. The van der Waals surface area contributed by atoms with Crippen LogP contribution in [0.15, 0.2) is 30.5 Å². The largest absolute Gasteiger partial charge is 0.397 e. The molecule has 0 unspecified atom stereocenters. The molecule has 0 bridgehead atoms. The van der Waals surface area contributed by atoms with Gasteiger partial charge in [0.1, 0.15) is 15.5 Å². The normalized spacial score (nSPS) is 11.1. The predicted molar refractivity (Wildman–Crippen MR) is 95.0 cm³/mol. The number of nitrogens with two attached hydrogens (primary N) is 1. The van der Waals surface area contributed by atoms with E-state index in [1.807, 2.05) is 25.1 Å². The average molecular weight is 326 g/mol. The van der Waals surface area contributed by atoms with Crippen LogP contribution in [0.4, 0.5) is 11.5 Å². The molecule has 5 nitrogen and oxygen atoms in total. The number of hydrogen-bond donors (Lipinski definition) is 2. The Morgan fingerprint density at radius 2 is 2.04 bits per heavy atom. The topological polar surface area (TPSA) is 80.9 Å². The number of carbonyl (C=O) groups excluding carboxylic acids is 1. The van der Waals surface area contributed by atoms with Crippen LogP contribution in [-0.2, 0) is 0 Å². The maximum Gasteiger partial charge on any atom is 0.269 e. The van der Waals surface area contributed by atoms with Crippen LogP contribution in [0.5, 0.6) is 0 Å². The fourth-order valence-corrected chi connectivity index (χ4v) is 3.21. The summed E-state index contributed by atoms with van der Waals surface area (Å²) in [5.41, 5.74) is 8.63. The highest BCUT2D eigenvalue weighted by Gasteiger charge is 2.18. The Balaban J connectivity index is 1.93. The van der Waals surface area contributed by atoms with E-state index in [2.05, 4.69) is 29.1 Å². The first-order valence-electron chi connectivity index (χ1n) is 7.38. The van der Waals surface area contributed by atoms with Crippen LogP contribution < -0.4 is 11.1 Å². The summed E-state index contributed by atoms with van der Waals surface area (Å²) in [5, 5.41) is 3.60. The summed E-state index contributed by atoms with van der Waals surface area (Å²) in [6.07, 6.45) is 1.71. The molecule has 3 heterocycles. The minimum absolute atomic E-state index is 0.257. The van der Waals surface area contributed by atoms with Crippen LogP contribution in [-0.4, -0.2) is 15.9 Å². The number of amides is 1. The number of thiophene rings is 1. The van der Waals surface area contributed by atoms with Crippen molar-refractivity contribution in [2.75, 3.05) is 11.1 Å². The van der Waals surface area contributed by atoms with Crippen molar-refractivity contribution in [2.24, 2.45) is 0 Å². The number of aromatic nitrogens is 2. The molecule has 1 amide bonds. The molecule has 0 aliphatic heterocycles. The van der Waals surface area contributed by atoms with E-state index >= 15 is 0 Å². The molecule has 0 saturated heterocycles. The number of fused-ring (bicyclic) bond motifs is 1. The molecule has 3 rings (SSSR count). The molecule has 0 aromatic carbocycles. The lowest BCUT2D eigenvalue weighted by Crippen LogP contribution is -2.12. The Labute approximate surface area is 138 Å². The van der Waals surface area contributed by atoms with E-state index in [-0.39, 0.29) is 5.91 Å². The summed E-state index contributed by atoms with van der Waals surface area (Å²) in [6, 6.07) is 7.56. The molecule has 3 N–H and O–H groups in total. The van der Waals surface area contributed by atoms with Gasteiger partial charge in [0, 0.05) is 17.3 Å². The van der Waals surface area contributed by atoms with Crippen molar-refractivity contribution < 1.29 is 4.79 Å². The number of nitrogens with zero attached hydrogens (tertiary/aromatic N) is 2. The molecule has 0 atom stereocenters. The Bertz CT molecular complexity index is 868. The molecule has 118 valence electrons. The number of carbonyl (C=O) groups is 1. The van der Waals surface area contributed by atoms with Crippen molar-refractivity contribution >= 4 is 39.0 Å². The number of nitrogens with one attached hydrogen (secondary N) is 1. The summed E-state index contributed by atoms with van der Waals surface area (Å²) in [6.45, 7) is 6.12. The lowest BCUT2D eigenvalue weighted by molar-refractivity contribution is 0.103. The standard InChI is InChI=1S/C17H18N4OS/c1-9(2)12-6-5-11-14(18)15(23-17(11)20-12)16(22)21-13-7-4-10(3)8-19-13/h4-9H,18H2,1-3H3,(H,19,21,22). The highest BCUT2D eigenvalue weighted by Crippen LogP contribution is 2.33. The predicted octanol–water partition coefficient (Wildman–Crippen LogP) is 3.96. The van der Waals surface area contributed by atoms with Crippen molar-refractivity contribution in [1.82, 2.24) is 9.97 Å². The third kappa shape index (κ3) is 3.03. The first-order valence-corrected chi connectivity index (χ1v) is 8.20. The second kappa shape index (κ2) is 5.96. The minimum atomic E-state index is -0.257. The maximum absolute atomic E-state index is 12.5. The van der Waals surface area contributed by atoms with Gasteiger partial charge < -0.3 is 11.1 Å². The molecule has 3 aromatic heterocycles. The Morgan fingerprint density at radius 1 is 1.26 bits per heavy atom. The zero-order chi connectivity index (χ0) is 16.6. The van der Waals surface area contributed by atoms with Crippen LogP contribution in [0.3, 0.4) is 0 Å². The van der Waals surface area contributed by atoms with Gasteiger partial charge in [0.2, 0.25) is 0 Å². The minimum Gasteiger partial charge on any atom is -0.397 e. The Kier molecular flexibility index (Phi) is 4.00. The number of pyridine rings is 2. The SMILES string of the molecule is Cc1ccc(NC(=O)c2sc3nc(C(C)C)ccc3c2N)nc1. The molecule has 0 aliphatic carbocycles. The molecule has 0 saturated carbocycles. The number of anilines is 2. The molecule has 0 aliphatic rings. The highest BCUT2D eigenvalue weighted by molar-refractivity contribution is 7.21. The second-order valence-electron chi connectivity index (χ2n) is 5.76. The molecular formula is C17H18N4OS. The van der Waals surface area contributed by atoms with Gasteiger partial charge in [-0.05, 0) is 36.6 Å². The van der Waals surface area contributed by atoms with Gasteiger partial charge >= 0.3 is 0 Å². The molecule has 6 heteroatoms. The third-order valence-corrected chi connectivity index (χ3v) is 4.68. The Morgan fingerprint density at radius 3 is 2.70 bits per heavy atom. The summed E-state index contributed by atoms with van der Waals surface area (Å²) < 4.78 is 0. The molecule has 23 heavy (non-hydrogen) atoms. The smallest absolute Gasteiger partial charge is 0.269 e. The third-order valence-electron chi connectivity index (χ3n) is 3.57. The fraction of sp³-hybridized carbons (Fsp3) is 0.235. The molecule has 3 aromatic rings. The van der Waals surface area contributed by atoms with Gasteiger partial charge in [0.05, 0.1) is 5.69 Å². The number of aryl methyl sites for hydroxylation is 1. The van der Waals surface area contributed by atoms with E-state index in [1.165, 1.54) is 11.3 Å². The van der Waals surface area contributed by atoms with Gasteiger partial charge in [-0.1, -0.05) is 19.9 Å². The van der Waals surface area contributed by atoms with Crippen molar-refractivity contribution in [3.63, 3.8) is 0 Å². The van der Waals surface area contributed by atoms with E-state index < -0.39 is 0 Å². The van der Waals surface area contributed by atoms with E-state index in [9.17, 15) is 4.79 Å². The zero-order valence-corrected chi connectivity index (χ0v) is 14.1. The van der Waals surface area contributed by atoms with Crippen LogP contribution in [0.2, 0.25) is 0 Å². The van der Waals surface area contributed by atoms with Gasteiger partial charge in [0.25, 0.3) is 5.91 Å². The van der Waals surface area contributed by atoms with Crippen LogP contribution in [0.1, 0.15) is 40.7 Å². The summed E-state index contributed by atoms with van der Waals surface area (Å²) in [5.74, 6) is 0.581. The summed E-state index contributed by atoms with van der Waals surface area (Å²) >= 11 is 1.31. The summed E-state index contributed by atoms with van der Waals surface area (Å²) in [7, 11) is 0. The fourth-order valence-electron chi connectivity index (χ4n) is 2.22. The molecule has 0 radical (unpaired) electrons. The lowest BCUT2D eigenvalue weighted by Gasteiger charge is -2.03. The van der Waals surface area contributed by atoms with E-state index in [0.717, 1.165) is 21.5 Å². The lowest BCUT2D eigenvalue weighted by atomic mass is 10.1. The van der Waals surface area contributed by atoms with Gasteiger partial charge in [0.15, 0.2) is 0 Å². The quantitative estimate of drug-likeness (QED) is 0.763. The van der Waals surface area contributed by atoms with Gasteiger partial charge in [-0.3, -0.25) is 4.79 Å². The van der Waals surface area contributed by atoms with Crippen LogP contribution in [0.25, 0.3) is 10.2 Å². The number of hydrogen-bond acceptors (Lipinski definition) is 5. The van der Waals surface area contributed by atoms with E-state index in [0.29, 0.717) is 22.3 Å². The van der Waals surface area contributed by atoms with Gasteiger partial charge in [-0.2, -0.15) is 0 Å². The molecule has 0 fully saturated rings. The average Bonchev–Trinajstić information content (AvgIpc) is 2.86. The second-order valence-corrected chi connectivity index (χ2v) is 6.76. The van der Waals surface area contributed by atoms with Crippen LogP contribution >= 0.6 is 11.3 Å². The van der Waals surface area contributed by atoms with Crippen molar-refractivity contribution in [3.05, 3.63) is 46.6 Å². The summed E-state index contributed by atoms with van der Waals surface area (Å²) in [4.78, 5) is 22.5. The zero-order valence-electron chi connectivity index (χ0n) is 13.3. The van der Waals surface area contributed by atoms with Crippen LogP contribution in [0, 0.1) is 6.92 Å². The highest BCUT2D eigenvalue weighted by atomic mass is 32.1. The Hall–Kier alpha value is -2.47. The van der Waals surface area contributed by atoms with Crippen molar-refractivity contribution in [2.45, 2.75) is 26.7 Å². The molecule has 0 spiro atoms. The molecular weight excluding hydrogens is 308 g/mol. The number of nitrogen functional groups attached to an aromatic ring is 1. The van der Waals surface area contributed by atoms with Crippen molar-refractivity contribution in [3.8, 4) is 0 Å². The van der Waals surface area contributed by atoms with Gasteiger partial charge in [-0.15, -0.1) is 11.3 Å².